The van der Waals surface area contributed by atoms with E-state index in [4.69, 9.17) is 4.74 Å². The van der Waals surface area contributed by atoms with Crippen LogP contribution in [0.15, 0.2) is 0 Å². The number of hydrogen-bond donors (Lipinski definition) is 2. The molecular formula is C14H30N2O2. The summed E-state index contributed by atoms with van der Waals surface area (Å²) in [7, 11) is 0. The zero-order valence-corrected chi connectivity index (χ0v) is 12.0. The zero-order chi connectivity index (χ0) is 13.2. The van der Waals surface area contributed by atoms with Crippen LogP contribution in [-0.2, 0) is 4.74 Å². The molecule has 0 radical (unpaired) electrons. The van der Waals surface area contributed by atoms with Crippen LogP contribution in [0.25, 0.3) is 0 Å². The van der Waals surface area contributed by atoms with E-state index in [1.54, 1.807) is 0 Å². The molecule has 108 valence electrons. The Hall–Kier alpha value is -0.160. The first kappa shape index (κ1) is 15.9. The summed E-state index contributed by atoms with van der Waals surface area (Å²) in [6.45, 7) is 9.65. The Morgan fingerprint density at radius 2 is 2.28 bits per heavy atom. The number of aliphatic hydroxyl groups is 1. The predicted octanol–water partition coefficient (Wildman–Crippen LogP) is 1.24. The van der Waals surface area contributed by atoms with Gasteiger partial charge in [-0.1, -0.05) is 13.8 Å². The number of rotatable bonds is 10. The van der Waals surface area contributed by atoms with Gasteiger partial charge in [0.2, 0.25) is 0 Å². The third-order valence-electron chi connectivity index (χ3n) is 3.63. The van der Waals surface area contributed by atoms with Crippen LogP contribution in [0.4, 0.5) is 0 Å². The van der Waals surface area contributed by atoms with Crippen molar-refractivity contribution in [3.05, 3.63) is 0 Å². The summed E-state index contributed by atoms with van der Waals surface area (Å²) in [5.41, 5.74) is 0. The second-order valence-electron chi connectivity index (χ2n) is 5.15. The first-order valence-corrected chi connectivity index (χ1v) is 7.48. The summed E-state index contributed by atoms with van der Waals surface area (Å²) in [6, 6.07) is 0.239. The molecule has 4 nitrogen and oxygen atoms in total. The molecule has 1 heterocycles. The van der Waals surface area contributed by atoms with Gasteiger partial charge in [-0.25, -0.2) is 0 Å². The highest BCUT2D eigenvalue weighted by molar-refractivity contribution is 4.73. The van der Waals surface area contributed by atoms with Gasteiger partial charge in [0.1, 0.15) is 0 Å². The van der Waals surface area contributed by atoms with E-state index in [2.05, 4.69) is 24.1 Å². The molecule has 2 N–H and O–H groups in total. The Kier molecular flexibility index (Phi) is 8.59. The molecule has 0 spiro atoms. The fourth-order valence-corrected chi connectivity index (χ4v) is 2.40. The van der Waals surface area contributed by atoms with Crippen LogP contribution < -0.4 is 5.32 Å². The monoisotopic (exact) mass is 258 g/mol. The van der Waals surface area contributed by atoms with Crippen LogP contribution in [0.5, 0.6) is 0 Å². The van der Waals surface area contributed by atoms with Crippen molar-refractivity contribution in [1.82, 2.24) is 10.2 Å². The summed E-state index contributed by atoms with van der Waals surface area (Å²) in [4.78, 5) is 2.44. The maximum absolute atomic E-state index is 9.32. The first-order valence-electron chi connectivity index (χ1n) is 7.48. The van der Waals surface area contributed by atoms with Crippen molar-refractivity contribution in [1.29, 1.82) is 0 Å². The standard InChI is InChI=1S/C14H30N2O2/c1-3-8-15-13(12-17)7-9-16(4-2)11-14-6-5-10-18-14/h13-15,17H,3-12H2,1-2H3. The lowest BCUT2D eigenvalue weighted by atomic mass is 10.2. The number of nitrogens with one attached hydrogen (secondary N) is 1. The number of nitrogens with zero attached hydrogens (tertiary/aromatic N) is 1. The largest absolute Gasteiger partial charge is 0.395 e. The molecule has 1 aliphatic heterocycles. The predicted molar refractivity (Wildman–Crippen MR) is 74.9 cm³/mol. The average molecular weight is 258 g/mol. The van der Waals surface area contributed by atoms with Crippen molar-refractivity contribution in [2.45, 2.75) is 51.7 Å². The smallest absolute Gasteiger partial charge is 0.0702 e. The van der Waals surface area contributed by atoms with Crippen molar-refractivity contribution >= 4 is 0 Å². The Balaban J connectivity index is 2.19. The molecular weight excluding hydrogens is 228 g/mol. The fraction of sp³-hybridized carbons (Fsp3) is 1.00. The van der Waals surface area contributed by atoms with Crippen LogP contribution in [-0.4, -0.2) is 61.5 Å². The molecule has 1 saturated heterocycles. The molecule has 1 rings (SSSR count). The second-order valence-corrected chi connectivity index (χ2v) is 5.15. The summed E-state index contributed by atoms with van der Waals surface area (Å²) < 4.78 is 5.68. The summed E-state index contributed by atoms with van der Waals surface area (Å²) in [5, 5.41) is 12.7. The molecule has 0 bridgehead atoms. The second kappa shape index (κ2) is 9.73. The highest BCUT2D eigenvalue weighted by Gasteiger charge is 2.18. The quantitative estimate of drug-likeness (QED) is 0.619. The van der Waals surface area contributed by atoms with E-state index in [1.807, 2.05) is 0 Å². The van der Waals surface area contributed by atoms with Gasteiger partial charge in [0.15, 0.2) is 0 Å². The van der Waals surface area contributed by atoms with Crippen molar-refractivity contribution < 1.29 is 9.84 Å². The van der Waals surface area contributed by atoms with E-state index in [0.29, 0.717) is 6.10 Å². The van der Waals surface area contributed by atoms with Crippen molar-refractivity contribution in [3.8, 4) is 0 Å². The maximum Gasteiger partial charge on any atom is 0.0702 e. The number of hydrogen-bond acceptors (Lipinski definition) is 4. The van der Waals surface area contributed by atoms with Gasteiger partial charge in [-0.15, -0.1) is 0 Å². The van der Waals surface area contributed by atoms with E-state index >= 15 is 0 Å². The SMILES string of the molecule is CCCNC(CO)CCN(CC)CC1CCCO1. The number of likely N-dealkylation sites (N-methyl/N-ethyl adjacent to an activating group) is 1. The van der Waals surface area contributed by atoms with Crippen molar-refractivity contribution in [3.63, 3.8) is 0 Å². The molecule has 18 heavy (non-hydrogen) atoms. The molecule has 2 unspecified atom stereocenters. The molecule has 0 amide bonds. The van der Waals surface area contributed by atoms with Gasteiger partial charge >= 0.3 is 0 Å². The Morgan fingerprint density at radius 3 is 2.83 bits per heavy atom. The van der Waals surface area contributed by atoms with E-state index in [9.17, 15) is 5.11 Å². The minimum absolute atomic E-state index is 0.234. The van der Waals surface area contributed by atoms with Crippen LogP contribution in [0.3, 0.4) is 0 Å². The topological polar surface area (TPSA) is 44.7 Å². The average Bonchev–Trinajstić information content (AvgIpc) is 2.90. The minimum atomic E-state index is 0.234. The molecule has 0 aromatic heterocycles. The van der Waals surface area contributed by atoms with E-state index in [1.165, 1.54) is 12.8 Å². The molecule has 0 aliphatic carbocycles. The van der Waals surface area contributed by atoms with Gasteiger partial charge in [-0.05, 0) is 45.3 Å². The number of ether oxygens (including phenoxy) is 1. The highest BCUT2D eigenvalue weighted by atomic mass is 16.5. The minimum Gasteiger partial charge on any atom is -0.395 e. The number of aliphatic hydroxyl groups excluding tert-OH is 1. The molecule has 1 aliphatic rings. The molecule has 2 atom stereocenters. The summed E-state index contributed by atoms with van der Waals surface area (Å²) in [5.74, 6) is 0. The third kappa shape index (κ3) is 6.14. The van der Waals surface area contributed by atoms with Gasteiger partial charge in [0.05, 0.1) is 12.7 Å². The Bertz CT molecular complexity index is 196. The molecule has 0 aromatic carbocycles. The maximum atomic E-state index is 9.32. The van der Waals surface area contributed by atoms with Crippen molar-refractivity contribution in [2.24, 2.45) is 0 Å². The van der Waals surface area contributed by atoms with E-state index in [0.717, 1.165) is 45.6 Å². The third-order valence-corrected chi connectivity index (χ3v) is 3.63. The van der Waals surface area contributed by atoms with Gasteiger partial charge in [0, 0.05) is 19.2 Å². The molecule has 4 heteroatoms. The van der Waals surface area contributed by atoms with Gasteiger partial charge in [-0.3, -0.25) is 0 Å². The fourth-order valence-electron chi connectivity index (χ4n) is 2.40. The molecule has 0 saturated carbocycles. The zero-order valence-electron chi connectivity index (χ0n) is 12.0. The van der Waals surface area contributed by atoms with Crippen LogP contribution >= 0.6 is 0 Å². The molecule has 1 fully saturated rings. The lowest BCUT2D eigenvalue weighted by Crippen LogP contribution is -2.39. The van der Waals surface area contributed by atoms with Crippen LogP contribution in [0.1, 0.15) is 39.5 Å². The van der Waals surface area contributed by atoms with Gasteiger partial charge < -0.3 is 20.1 Å². The van der Waals surface area contributed by atoms with E-state index in [-0.39, 0.29) is 12.6 Å². The van der Waals surface area contributed by atoms with Gasteiger partial charge in [-0.2, -0.15) is 0 Å². The summed E-state index contributed by atoms with van der Waals surface area (Å²) >= 11 is 0. The summed E-state index contributed by atoms with van der Waals surface area (Å²) in [6.07, 6.45) is 4.97. The highest BCUT2D eigenvalue weighted by Crippen LogP contribution is 2.13. The molecule has 0 aromatic rings. The lowest BCUT2D eigenvalue weighted by Gasteiger charge is -2.25. The normalized spacial score (nSPS) is 21.7. The van der Waals surface area contributed by atoms with E-state index < -0.39 is 0 Å². The van der Waals surface area contributed by atoms with Crippen molar-refractivity contribution in [2.75, 3.05) is 39.4 Å². The Morgan fingerprint density at radius 1 is 1.44 bits per heavy atom. The Labute approximate surface area is 112 Å². The van der Waals surface area contributed by atoms with Gasteiger partial charge in [0.25, 0.3) is 0 Å². The first-order chi connectivity index (χ1) is 8.80. The lowest BCUT2D eigenvalue weighted by molar-refractivity contribution is 0.0725. The van der Waals surface area contributed by atoms with Crippen LogP contribution in [0, 0.1) is 0 Å². The van der Waals surface area contributed by atoms with Crippen LogP contribution in [0.2, 0.25) is 0 Å².